The van der Waals surface area contributed by atoms with Crippen LogP contribution in [0.5, 0.6) is 0 Å². The molecule has 11 heteroatoms. The van der Waals surface area contributed by atoms with Gasteiger partial charge in [0.15, 0.2) is 5.13 Å². The van der Waals surface area contributed by atoms with Crippen molar-refractivity contribution in [3.05, 3.63) is 31.9 Å². The van der Waals surface area contributed by atoms with Crippen LogP contribution in [0.25, 0.3) is 0 Å². The minimum Gasteiger partial charge on any atom is -0.469 e. The van der Waals surface area contributed by atoms with Crippen LogP contribution in [0.4, 0.5) is 5.13 Å². The summed E-state index contributed by atoms with van der Waals surface area (Å²) < 4.78 is 5.17. The number of likely N-dealkylation sites (N-methyl/N-ethyl adjacent to an activating group) is 1. The van der Waals surface area contributed by atoms with Gasteiger partial charge in [0.05, 0.1) is 31.5 Å². The number of likely N-dealkylation sites (tertiary alicyclic amines) is 1. The Morgan fingerprint density at radius 2 is 2.12 bits per heavy atom. The Morgan fingerprint density at radius 1 is 1.33 bits per heavy atom. The first-order valence-corrected chi connectivity index (χ1v) is 12.9. The number of aryl methyl sites for hydroxylation is 1. The predicted octanol–water partition coefficient (Wildman–Crippen LogP) is 4.36. The molecule has 2 aromatic rings. The Labute approximate surface area is 206 Å². The molecule has 2 aromatic heterocycles. The smallest absolute Gasteiger partial charge is 0.305 e. The van der Waals surface area contributed by atoms with E-state index in [2.05, 4.69) is 15.0 Å². The number of anilines is 1. The summed E-state index contributed by atoms with van der Waals surface area (Å²) in [4.78, 5) is 46.9. The first-order valence-electron chi connectivity index (χ1n) is 10.9. The quantitative estimate of drug-likeness (QED) is 0.375. The number of methoxy groups -OCH3 is 1. The van der Waals surface area contributed by atoms with Crippen molar-refractivity contribution in [3.8, 4) is 0 Å². The lowest BCUT2D eigenvalue weighted by Crippen LogP contribution is -2.38. The van der Waals surface area contributed by atoms with Crippen LogP contribution >= 0.6 is 34.3 Å². The van der Waals surface area contributed by atoms with E-state index in [9.17, 15) is 14.4 Å². The van der Waals surface area contributed by atoms with Crippen molar-refractivity contribution in [1.82, 2.24) is 14.8 Å². The van der Waals surface area contributed by atoms with Crippen molar-refractivity contribution >= 4 is 57.2 Å². The van der Waals surface area contributed by atoms with E-state index in [1.807, 2.05) is 29.8 Å². The highest BCUT2D eigenvalue weighted by Gasteiger charge is 2.32. The second-order valence-electron chi connectivity index (χ2n) is 8.06. The molecule has 0 aliphatic carbocycles. The van der Waals surface area contributed by atoms with Crippen molar-refractivity contribution < 1.29 is 19.1 Å². The maximum atomic E-state index is 13.0. The summed E-state index contributed by atoms with van der Waals surface area (Å²) in [6.45, 7) is 3.71. The first-order chi connectivity index (χ1) is 15.8. The van der Waals surface area contributed by atoms with E-state index < -0.39 is 0 Å². The van der Waals surface area contributed by atoms with Crippen LogP contribution in [0.3, 0.4) is 0 Å². The summed E-state index contributed by atoms with van der Waals surface area (Å²) in [5, 5.41) is 3.26. The maximum absolute atomic E-state index is 13.0. The molecule has 2 amide bonds. The second kappa shape index (κ2) is 11.9. The molecule has 1 aliphatic rings. The average Bonchev–Trinajstić information content (AvgIpc) is 3.50. The highest BCUT2D eigenvalue weighted by Crippen LogP contribution is 2.38. The zero-order valence-electron chi connectivity index (χ0n) is 19.1. The number of halogens is 1. The van der Waals surface area contributed by atoms with Gasteiger partial charge in [-0.2, -0.15) is 0 Å². The van der Waals surface area contributed by atoms with Crippen LogP contribution in [0.1, 0.15) is 58.3 Å². The summed E-state index contributed by atoms with van der Waals surface area (Å²) >= 11 is 8.67. The summed E-state index contributed by atoms with van der Waals surface area (Å²) in [5.41, 5.74) is 0.600. The standard InChI is InChI=1S/C22H29ClN4O4S2/c1-14-15(21(30)25-22-24-12-18(23)33-22)11-17(32-14)16-7-6-10-27(16)19(28)13-26(2)9-5-4-8-20(29)31-3/h11-12,16H,4-10,13H2,1-3H3,(H,24,25,30). The van der Waals surface area contributed by atoms with Gasteiger partial charge in [-0.15, -0.1) is 11.3 Å². The van der Waals surface area contributed by atoms with Gasteiger partial charge in [-0.05, 0) is 52.3 Å². The van der Waals surface area contributed by atoms with E-state index >= 15 is 0 Å². The topological polar surface area (TPSA) is 91.8 Å². The third-order valence-corrected chi connectivity index (χ3v) is 7.77. The van der Waals surface area contributed by atoms with Gasteiger partial charge in [0.25, 0.3) is 5.91 Å². The Balaban J connectivity index is 1.57. The Kier molecular flexibility index (Phi) is 9.25. The number of carbonyl (C=O) groups excluding carboxylic acids is 3. The molecule has 33 heavy (non-hydrogen) atoms. The number of thiophene rings is 1. The molecule has 0 aromatic carbocycles. The minimum atomic E-state index is -0.219. The van der Waals surface area contributed by atoms with E-state index in [1.54, 1.807) is 11.3 Å². The molecule has 1 saturated heterocycles. The van der Waals surface area contributed by atoms with Crippen molar-refractivity contribution in [3.63, 3.8) is 0 Å². The number of nitrogens with one attached hydrogen (secondary N) is 1. The fraction of sp³-hybridized carbons (Fsp3) is 0.545. The number of rotatable bonds is 10. The first kappa shape index (κ1) is 25.6. The molecule has 1 atom stereocenters. The largest absolute Gasteiger partial charge is 0.469 e. The molecule has 0 saturated carbocycles. The lowest BCUT2D eigenvalue weighted by atomic mass is 10.1. The number of amides is 2. The third kappa shape index (κ3) is 6.99. The zero-order chi connectivity index (χ0) is 24.0. The Hall–Kier alpha value is -2.01. The Morgan fingerprint density at radius 3 is 2.82 bits per heavy atom. The van der Waals surface area contributed by atoms with E-state index in [1.165, 1.54) is 24.6 Å². The molecule has 8 nitrogen and oxygen atoms in total. The van der Waals surface area contributed by atoms with Gasteiger partial charge < -0.3 is 9.64 Å². The molecule has 3 heterocycles. The van der Waals surface area contributed by atoms with Gasteiger partial charge in [0, 0.05) is 22.7 Å². The summed E-state index contributed by atoms with van der Waals surface area (Å²) in [5.74, 6) is -0.339. The van der Waals surface area contributed by atoms with Crippen LogP contribution in [-0.2, 0) is 14.3 Å². The molecule has 180 valence electrons. The van der Waals surface area contributed by atoms with Crippen molar-refractivity contribution in [2.45, 2.75) is 45.1 Å². The second-order valence-corrected chi connectivity index (χ2v) is 11.0. The van der Waals surface area contributed by atoms with Crippen molar-refractivity contribution in [1.29, 1.82) is 0 Å². The number of thiazole rings is 1. The molecule has 0 spiro atoms. The number of carbonyl (C=O) groups is 3. The normalized spacial score (nSPS) is 15.8. The van der Waals surface area contributed by atoms with E-state index in [0.717, 1.165) is 48.5 Å². The van der Waals surface area contributed by atoms with Gasteiger partial charge in [-0.1, -0.05) is 22.9 Å². The third-order valence-electron chi connectivity index (χ3n) is 5.58. The molecular formula is C22H29ClN4O4S2. The molecule has 1 fully saturated rings. The molecule has 0 radical (unpaired) electrons. The molecular weight excluding hydrogens is 484 g/mol. The highest BCUT2D eigenvalue weighted by molar-refractivity contribution is 7.19. The SMILES string of the molecule is COC(=O)CCCCN(C)CC(=O)N1CCCC1c1cc(C(=O)Nc2ncc(Cl)s2)c(C)s1. The van der Waals surface area contributed by atoms with Crippen LogP contribution in [0.15, 0.2) is 12.3 Å². The van der Waals surface area contributed by atoms with Crippen LogP contribution < -0.4 is 5.32 Å². The lowest BCUT2D eigenvalue weighted by Gasteiger charge is -2.26. The zero-order valence-corrected chi connectivity index (χ0v) is 21.4. The van der Waals surface area contributed by atoms with E-state index in [4.69, 9.17) is 11.6 Å². The lowest BCUT2D eigenvalue weighted by molar-refractivity contribution is -0.140. The fourth-order valence-electron chi connectivity index (χ4n) is 3.89. The predicted molar refractivity (Wildman–Crippen MR) is 131 cm³/mol. The molecule has 0 bridgehead atoms. The van der Waals surface area contributed by atoms with E-state index in [0.29, 0.717) is 28.0 Å². The maximum Gasteiger partial charge on any atom is 0.305 e. The van der Waals surface area contributed by atoms with Gasteiger partial charge in [0.2, 0.25) is 5.91 Å². The number of hydrogen-bond donors (Lipinski definition) is 1. The van der Waals surface area contributed by atoms with Crippen molar-refractivity contribution in [2.75, 3.05) is 39.1 Å². The molecule has 1 unspecified atom stereocenters. The number of ether oxygens (including phenoxy) is 1. The summed E-state index contributed by atoms with van der Waals surface area (Å²) in [6.07, 6.45) is 5.30. The molecule has 1 N–H and O–H groups in total. The van der Waals surface area contributed by atoms with Gasteiger partial charge in [0.1, 0.15) is 4.34 Å². The number of unbranched alkanes of at least 4 members (excludes halogenated alkanes) is 1. The molecule has 1 aliphatic heterocycles. The van der Waals surface area contributed by atoms with E-state index in [-0.39, 0.29) is 23.8 Å². The van der Waals surface area contributed by atoms with Crippen LogP contribution in [-0.4, -0.2) is 66.4 Å². The number of aromatic nitrogens is 1. The number of esters is 1. The Bertz CT molecular complexity index is 993. The number of hydrogen-bond acceptors (Lipinski definition) is 8. The van der Waals surface area contributed by atoms with Crippen molar-refractivity contribution in [2.24, 2.45) is 0 Å². The van der Waals surface area contributed by atoms with Crippen LogP contribution in [0.2, 0.25) is 4.34 Å². The minimum absolute atomic E-state index is 0.00946. The monoisotopic (exact) mass is 512 g/mol. The van der Waals surface area contributed by atoms with Gasteiger partial charge in [-0.25, -0.2) is 4.98 Å². The van der Waals surface area contributed by atoms with Crippen LogP contribution in [0, 0.1) is 6.92 Å². The summed E-state index contributed by atoms with van der Waals surface area (Å²) in [7, 11) is 3.31. The highest BCUT2D eigenvalue weighted by atomic mass is 35.5. The van der Waals surface area contributed by atoms with Gasteiger partial charge in [-0.3, -0.25) is 24.6 Å². The molecule has 3 rings (SSSR count). The average molecular weight is 513 g/mol. The fourth-order valence-corrected chi connectivity index (χ4v) is 5.87. The van der Waals surface area contributed by atoms with Gasteiger partial charge >= 0.3 is 5.97 Å². The number of nitrogens with zero attached hydrogens (tertiary/aromatic N) is 3. The summed E-state index contributed by atoms with van der Waals surface area (Å²) in [6, 6.07) is 1.89.